The van der Waals surface area contributed by atoms with E-state index in [1.54, 1.807) is 11.0 Å². The molecule has 2 amide bonds. The number of carbonyl (C=O) groups is 2. The Hall–Kier alpha value is -3.55. The van der Waals surface area contributed by atoms with Crippen molar-refractivity contribution in [1.82, 2.24) is 24.9 Å². The van der Waals surface area contributed by atoms with Gasteiger partial charge in [-0.15, -0.1) is 0 Å². The first-order chi connectivity index (χ1) is 14.5. The van der Waals surface area contributed by atoms with Gasteiger partial charge in [0.1, 0.15) is 0 Å². The van der Waals surface area contributed by atoms with E-state index in [1.165, 1.54) is 12.4 Å². The van der Waals surface area contributed by atoms with Crippen LogP contribution in [-0.2, 0) is 4.79 Å². The Bertz CT molecular complexity index is 1040. The van der Waals surface area contributed by atoms with Crippen molar-refractivity contribution in [3.05, 3.63) is 65.7 Å². The number of benzene rings is 1. The number of piperidine rings is 1. The molecule has 1 aromatic carbocycles. The molecule has 8 heteroatoms. The third-order valence-electron chi connectivity index (χ3n) is 5.37. The number of anilines is 1. The van der Waals surface area contributed by atoms with Crippen molar-refractivity contribution in [2.24, 2.45) is 5.92 Å². The minimum absolute atomic E-state index is 0.00783. The average Bonchev–Trinajstić information content (AvgIpc) is 3.12. The first kappa shape index (κ1) is 19.8. The second kappa shape index (κ2) is 8.44. The van der Waals surface area contributed by atoms with Crippen LogP contribution in [0.4, 0.5) is 5.69 Å². The molecule has 0 unspecified atom stereocenters. The second-order valence-electron chi connectivity index (χ2n) is 7.57. The van der Waals surface area contributed by atoms with Gasteiger partial charge in [-0.1, -0.05) is 0 Å². The van der Waals surface area contributed by atoms with Crippen molar-refractivity contribution in [2.45, 2.75) is 26.7 Å². The maximum atomic E-state index is 12.7. The van der Waals surface area contributed by atoms with Gasteiger partial charge >= 0.3 is 0 Å². The van der Waals surface area contributed by atoms with Gasteiger partial charge in [0.05, 0.1) is 29.3 Å². The standard InChI is InChI=1S/C22H24N6O2/c1-15-13-16(2)28(26-15)20-5-3-19(4-6-20)25-21(29)17-8-11-27(12-9-17)22(30)18-7-10-23-24-14-18/h3-7,10,13-14,17H,8-9,11-12H2,1-2H3,(H,25,29). The molecule has 1 aliphatic heterocycles. The fraction of sp³-hybridized carbons (Fsp3) is 0.318. The molecule has 8 nitrogen and oxygen atoms in total. The predicted molar refractivity (Wildman–Crippen MR) is 112 cm³/mol. The maximum Gasteiger partial charge on any atom is 0.255 e. The topological polar surface area (TPSA) is 93.0 Å². The van der Waals surface area contributed by atoms with Gasteiger partial charge < -0.3 is 10.2 Å². The first-order valence-corrected chi connectivity index (χ1v) is 10.0. The SMILES string of the molecule is Cc1cc(C)n(-c2ccc(NC(=O)C3CCN(C(=O)c4ccnnc4)CC3)cc2)n1. The van der Waals surface area contributed by atoms with E-state index in [1.807, 2.05) is 48.9 Å². The number of rotatable bonds is 4. The van der Waals surface area contributed by atoms with Crippen LogP contribution in [0.2, 0.25) is 0 Å². The number of amides is 2. The summed E-state index contributed by atoms with van der Waals surface area (Å²) in [5.41, 5.74) is 4.27. The van der Waals surface area contributed by atoms with Crippen LogP contribution < -0.4 is 5.32 Å². The molecule has 0 spiro atoms. The zero-order chi connectivity index (χ0) is 21.1. The Morgan fingerprint density at radius 2 is 1.77 bits per heavy atom. The molecule has 4 rings (SSSR count). The third kappa shape index (κ3) is 4.22. The molecule has 30 heavy (non-hydrogen) atoms. The molecule has 1 aliphatic rings. The molecule has 3 aromatic rings. The van der Waals surface area contributed by atoms with Gasteiger partial charge in [-0.3, -0.25) is 9.59 Å². The number of aryl methyl sites for hydroxylation is 2. The van der Waals surface area contributed by atoms with Crippen LogP contribution >= 0.6 is 0 Å². The quantitative estimate of drug-likeness (QED) is 0.722. The number of likely N-dealkylation sites (tertiary alicyclic amines) is 1. The maximum absolute atomic E-state index is 12.7. The molecule has 1 N–H and O–H groups in total. The van der Waals surface area contributed by atoms with E-state index in [0.717, 1.165) is 22.8 Å². The van der Waals surface area contributed by atoms with Crippen LogP contribution in [0.1, 0.15) is 34.6 Å². The highest BCUT2D eigenvalue weighted by Crippen LogP contribution is 2.22. The normalized spacial score (nSPS) is 14.5. The largest absolute Gasteiger partial charge is 0.339 e. The zero-order valence-electron chi connectivity index (χ0n) is 17.1. The van der Waals surface area contributed by atoms with Crippen molar-refractivity contribution in [2.75, 3.05) is 18.4 Å². The van der Waals surface area contributed by atoms with Gasteiger partial charge in [0, 0.05) is 30.4 Å². The summed E-state index contributed by atoms with van der Waals surface area (Å²) < 4.78 is 1.88. The van der Waals surface area contributed by atoms with Crippen molar-refractivity contribution in [3.63, 3.8) is 0 Å². The van der Waals surface area contributed by atoms with E-state index < -0.39 is 0 Å². The lowest BCUT2D eigenvalue weighted by Gasteiger charge is -2.31. The van der Waals surface area contributed by atoms with Crippen LogP contribution in [0.25, 0.3) is 5.69 Å². The average molecular weight is 404 g/mol. The lowest BCUT2D eigenvalue weighted by atomic mass is 9.95. The van der Waals surface area contributed by atoms with E-state index >= 15 is 0 Å². The molecule has 0 bridgehead atoms. The molecule has 0 radical (unpaired) electrons. The van der Waals surface area contributed by atoms with Gasteiger partial charge in [0.15, 0.2) is 0 Å². The Balaban J connectivity index is 1.33. The van der Waals surface area contributed by atoms with E-state index in [9.17, 15) is 9.59 Å². The first-order valence-electron chi connectivity index (χ1n) is 10.0. The molecular formula is C22H24N6O2. The molecule has 0 atom stereocenters. The van der Waals surface area contributed by atoms with Crippen molar-refractivity contribution in [3.8, 4) is 5.69 Å². The molecule has 3 heterocycles. The van der Waals surface area contributed by atoms with E-state index in [2.05, 4.69) is 20.6 Å². The number of carbonyl (C=O) groups excluding carboxylic acids is 2. The van der Waals surface area contributed by atoms with E-state index in [0.29, 0.717) is 31.5 Å². The molecule has 1 fully saturated rings. The Labute approximate surface area is 174 Å². The number of aromatic nitrogens is 4. The lowest BCUT2D eigenvalue weighted by Crippen LogP contribution is -2.41. The smallest absolute Gasteiger partial charge is 0.255 e. The molecule has 1 saturated heterocycles. The van der Waals surface area contributed by atoms with Gasteiger partial charge in [0.25, 0.3) is 5.91 Å². The molecule has 154 valence electrons. The molecule has 2 aromatic heterocycles. The fourth-order valence-corrected chi connectivity index (χ4v) is 3.77. The summed E-state index contributed by atoms with van der Waals surface area (Å²) in [4.78, 5) is 26.9. The summed E-state index contributed by atoms with van der Waals surface area (Å²) in [5.74, 6) is -0.185. The van der Waals surface area contributed by atoms with Crippen LogP contribution in [-0.4, -0.2) is 49.8 Å². The fourth-order valence-electron chi connectivity index (χ4n) is 3.77. The van der Waals surface area contributed by atoms with Crippen LogP contribution in [0.5, 0.6) is 0 Å². The van der Waals surface area contributed by atoms with Gasteiger partial charge in [-0.25, -0.2) is 4.68 Å². The molecular weight excluding hydrogens is 380 g/mol. The highest BCUT2D eigenvalue weighted by molar-refractivity contribution is 5.95. The Morgan fingerprint density at radius 1 is 1.03 bits per heavy atom. The highest BCUT2D eigenvalue weighted by Gasteiger charge is 2.28. The Kier molecular flexibility index (Phi) is 5.56. The van der Waals surface area contributed by atoms with Crippen molar-refractivity contribution < 1.29 is 9.59 Å². The lowest BCUT2D eigenvalue weighted by molar-refractivity contribution is -0.121. The summed E-state index contributed by atoms with van der Waals surface area (Å²) in [6, 6.07) is 11.3. The molecule has 0 saturated carbocycles. The Morgan fingerprint density at radius 3 is 2.37 bits per heavy atom. The summed E-state index contributed by atoms with van der Waals surface area (Å²) in [6.45, 7) is 5.08. The predicted octanol–water partition coefficient (Wildman–Crippen LogP) is 2.77. The van der Waals surface area contributed by atoms with Gasteiger partial charge in [-0.05, 0) is 63.1 Å². The summed E-state index contributed by atoms with van der Waals surface area (Å²) in [5, 5.41) is 14.9. The number of hydrogen-bond donors (Lipinski definition) is 1. The van der Waals surface area contributed by atoms with E-state index in [-0.39, 0.29) is 17.7 Å². The second-order valence-corrected chi connectivity index (χ2v) is 7.57. The third-order valence-corrected chi connectivity index (χ3v) is 5.37. The number of nitrogens with one attached hydrogen (secondary N) is 1. The monoisotopic (exact) mass is 404 g/mol. The van der Waals surface area contributed by atoms with Gasteiger partial charge in [-0.2, -0.15) is 15.3 Å². The minimum atomic E-state index is -0.111. The van der Waals surface area contributed by atoms with Crippen molar-refractivity contribution >= 4 is 17.5 Å². The summed E-state index contributed by atoms with van der Waals surface area (Å²) >= 11 is 0. The van der Waals surface area contributed by atoms with E-state index in [4.69, 9.17) is 0 Å². The zero-order valence-corrected chi connectivity index (χ0v) is 17.1. The van der Waals surface area contributed by atoms with Gasteiger partial charge in [0.2, 0.25) is 5.91 Å². The molecule has 0 aliphatic carbocycles. The summed E-state index contributed by atoms with van der Waals surface area (Å²) in [6.07, 6.45) is 4.25. The van der Waals surface area contributed by atoms with Crippen LogP contribution in [0.3, 0.4) is 0 Å². The minimum Gasteiger partial charge on any atom is -0.339 e. The van der Waals surface area contributed by atoms with Crippen LogP contribution in [0, 0.1) is 19.8 Å². The number of nitrogens with zero attached hydrogens (tertiary/aromatic N) is 5. The highest BCUT2D eigenvalue weighted by atomic mass is 16.2. The number of hydrogen-bond acceptors (Lipinski definition) is 5. The van der Waals surface area contributed by atoms with Crippen LogP contribution in [0.15, 0.2) is 48.8 Å². The van der Waals surface area contributed by atoms with Crippen molar-refractivity contribution in [1.29, 1.82) is 0 Å². The summed E-state index contributed by atoms with van der Waals surface area (Å²) in [7, 11) is 0.